The minimum Gasteiger partial charge on any atom is -0.493 e. The van der Waals surface area contributed by atoms with Gasteiger partial charge in [-0.3, -0.25) is 4.79 Å². The summed E-state index contributed by atoms with van der Waals surface area (Å²) in [6, 6.07) is 8.12. The number of nitrogens with one attached hydrogen (secondary N) is 1. The second-order valence-electron chi connectivity index (χ2n) is 7.78. The number of anilines is 1. The van der Waals surface area contributed by atoms with Crippen LogP contribution in [0.4, 0.5) is 5.69 Å². The zero-order valence-corrected chi connectivity index (χ0v) is 20.0. The van der Waals surface area contributed by atoms with Crippen LogP contribution in [0.3, 0.4) is 0 Å². The quantitative estimate of drug-likeness (QED) is 0.546. The lowest BCUT2D eigenvalue weighted by Gasteiger charge is -2.20. The van der Waals surface area contributed by atoms with Crippen molar-refractivity contribution in [2.45, 2.75) is 38.3 Å². The minimum absolute atomic E-state index is 0.00588. The average molecular weight is 456 g/mol. The number of aryl methyl sites for hydroxylation is 1. The van der Waals surface area contributed by atoms with E-state index in [4.69, 9.17) is 19.6 Å². The summed E-state index contributed by atoms with van der Waals surface area (Å²) < 4.78 is 12.9. The van der Waals surface area contributed by atoms with Gasteiger partial charge < -0.3 is 19.7 Å². The average Bonchev–Trinajstić information content (AvgIpc) is 3.36. The summed E-state index contributed by atoms with van der Waals surface area (Å²) in [5.41, 5.74) is 4.64. The lowest BCUT2D eigenvalue weighted by Crippen LogP contribution is -2.35. The van der Waals surface area contributed by atoms with E-state index in [1.165, 1.54) is 0 Å². The van der Waals surface area contributed by atoms with Crippen molar-refractivity contribution in [3.8, 4) is 22.8 Å². The predicted octanol–water partition coefficient (Wildman–Crippen LogP) is 3.55. The Morgan fingerprint density at radius 3 is 2.72 bits per heavy atom. The molecule has 170 valence electrons. The van der Waals surface area contributed by atoms with Gasteiger partial charge in [0.1, 0.15) is 5.03 Å². The van der Waals surface area contributed by atoms with Gasteiger partial charge in [0, 0.05) is 31.6 Å². The Morgan fingerprint density at radius 2 is 2.03 bits per heavy atom. The summed E-state index contributed by atoms with van der Waals surface area (Å²) in [7, 11) is 3.26. The van der Waals surface area contributed by atoms with Crippen LogP contribution < -0.4 is 19.7 Å². The first-order valence-electron chi connectivity index (χ1n) is 10.7. The van der Waals surface area contributed by atoms with Gasteiger partial charge in [0.05, 0.1) is 31.3 Å². The molecule has 8 nitrogen and oxygen atoms in total. The molecule has 3 aromatic rings. The maximum Gasteiger partial charge on any atom is 0.217 e. The van der Waals surface area contributed by atoms with E-state index in [-0.39, 0.29) is 11.9 Å². The smallest absolute Gasteiger partial charge is 0.217 e. The van der Waals surface area contributed by atoms with Crippen molar-refractivity contribution in [3.63, 3.8) is 0 Å². The first-order chi connectivity index (χ1) is 15.4. The Morgan fingerprint density at radius 1 is 1.25 bits per heavy atom. The van der Waals surface area contributed by atoms with Crippen LogP contribution in [0.2, 0.25) is 0 Å². The van der Waals surface area contributed by atoms with Crippen LogP contribution in [0.5, 0.6) is 11.5 Å². The largest absolute Gasteiger partial charge is 0.493 e. The molecule has 1 amide bonds. The fourth-order valence-electron chi connectivity index (χ4n) is 4.24. The number of imidazole rings is 1. The molecule has 0 bridgehead atoms. The minimum atomic E-state index is 0.00588. The monoisotopic (exact) mass is 455 g/mol. The molecular formula is C23H29N5O3S. The normalized spacial score (nSPS) is 15.9. The molecule has 0 unspecified atom stereocenters. The number of thioether (sulfide) groups is 1. The highest BCUT2D eigenvalue weighted by Crippen LogP contribution is 2.36. The second-order valence-corrected chi connectivity index (χ2v) is 9.07. The number of methoxy groups -OCH3 is 2. The highest BCUT2D eigenvalue weighted by atomic mass is 32.2. The molecule has 3 heterocycles. The van der Waals surface area contributed by atoms with E-state index in [1.807, 2.05) is 29.6 Å². The molecule has 1 aliphatic heterocycles. The lowest BCUT2D eigenvalue weighted by atomic mass is 10.1. The number of hydrogen-bond acceptors (Lipinski definition) is 7. The summed E-state index contributed by atoms with van der Waals surface area (Å²) in [6.45, 7) is 7.30. The van der Waals surface area contributed by atoms with Crippen LogP contribution in [-0.4, -0.2) is 59.6 Å². The molecule has 0 aliphatic carbocycles. The van der Waals surface area contributed by atoms with Crippen LogP contribution in [-0.2, 0) is 4.79 Å². The molecule has 32 heavy (non-hydrogen) atoms. The van der Waals surface area contributed by atoms with Gasteiger partial charge in [0.2, 0.25) is 5.91 Å². The molecule has 1 atom stereocenters. The molecule has 0 radical (unpaired) electrons. The van der Waals surface area contributed by atoms with Crippen molar-refractivity contribution in [1.29, 1.82) is 0 Å². The summed E-state index contributed by atoms with van der Waals surface area (Å²) in [4.78, 5) is 18.7. The van der Waals surface area contributed by atoms with E-state index in [1.54, 1.807) is 32.9 Å². The number of benzene rings is 1. The first-order valence-corrected chi connectivity index (χ1v) is 11.7. The van der Waals surface area contributed by atoms with E-state index in [0.29, 0.717) is 11.5 Å². The van der Waals surface area contributed by atoms with Gasteiger partial charge in [-0.1, -0.05) is 6.92 Å². The van der Waals surface area contributed by atoms with Gasteiger partial charge in [-0.05, 0) is 43.4 Å². The molecule has 1 aliphatic rings. The number of rotatable bonds is 7. The second kappa shape index (κ2) is 9.28. The van der Waals surface area contributed by atoms with Crippen molar-refractivity contribution in [2.75, 3.05) is 38.0 Å². The van der Waals surface area contributed by atoms with Gasteiger partial charge in [-0.15, -0.1) is 11.8 Å². The molecule has 0 saturated carbocycles. The van der Waals surface area contributed by atoms with Crippen LogP contribution in [0.15, 0.2) is 29.3 Å². The molecule has 1 aromatic carbocycles. The Balaban J connectivity index is 1.83. The molecule has 9 heteroatoms. The van der Waals surface area contributed by atoms with Crippen molar-refractivity contribution in [3.05, 3.63) is 30.0 Å². The maximum absolute atomic E-state index is 11.5. The highest BCUT2D eigenvalue weighted by Gasteiger charge is 2.27. The summed E-state index contributed by atoms with van der Waals surface area (Å²) in [5, 5.41) is 8.89. The highest BCUT2D eigenvalue weighted by molar-refractivity contribution is 7.99. The number of fused-ring (bicyclic) bond motifs is 1. The summed E-state index contributed by atoms with van der Waals surface area (Å²) in [6.07, 6.45) is 0.909. The predicted molar refractivity (Wildman–Crippen MR) is 127 cm³/mol. The third-order valence-corrected chi connectivity index (χ3v) is 6.39. The number of aromatic nitrogens is 3. The van der Waals surface area contributed by atoms with Gasteiger partial charge in [0.25, 0.3) is 0 Å². The van der Waals surface area contributed by atoms with Gasteiger partial charge in [-0.2, -0.15) is 5.10 Å². The number of amides is 1. The van der Waals surface area contributed by atoms with Crippen LogP contribution >= 0.6 is 11.8 Å². The number of carbonyl (C=O) groups is 1. The van der Waals surface area contributed by atoms with Crippen molar-refractivity contribution >= 4 is 29.0 Å². The molecule has 0 spiro atoms. The van der Waals surface area contributed by atoms with Crippen LogP contribution in [0.1, 0.15) is 26.0 Å². The molecule has 1 fully saturated rings. The summed E-state index contributed by atoms with van der Waals surface area (Å²) in [5.74, 6) is 2.27. The third-order valence-electron chi connectivity index (χ3n) is 5.60. The number of ether oxygens (including phenoxy) is 2. The number of nitrogens with zero attached hydrogens (tertiary/aromatic N) is 4. The van der Waals surface area contributed by atoms with E-state index >= 15 is 0 Å². The van der Waals surface area contributed by atoms with Crippen molar-refractivity contribution < 1.29 is 14.3 Å². The maximum atomic E-state index is 11.5. The first kappa shape index (κ1) is 22.3. The third kappa shape index (κ3) is 4.21. The summed E-state index contributed by atoms with van der Waals surface area (Å²) >= 11 is 1.70. The molecule has 4 rings (SSSR count). The zero-order chi connectivity index (χ0) is 22.8. The van der Waals surface area contributed by atoms with E-state index in [0.717, 1.165) is 58.6 Å². The Kier molecular flexibility index (Phi) is 6.45. The lowest BCUT2D eigenvalue weighted by molar-refractivity contribution is -0.119. The number of hydrogen-bond donors (Lipinski definition) is 1. The molecule has 1 N–H and O–H groups in total. The van der Waals surface area contributed by atoms with Crippen LogP contribution in [0, 0.1) is 6.92 Å². The molecule has 1 saturated heterocycles. The van der Waals surface area contributed by atoms with Gasteiger partial charge >= 0.3 is 0 Å². The molecule has 2 aromatic heterocycles. The van der Waals surface area contributed by atoms with E-state index in [9.17, 15) is 4.79 Å². The Labute approximate surface area is 192 Å². The van der Waals surface area contributed by atoms with Crippen molar-refractivity contribution in [2.24, 2.45) is 0 Å². The standard InChI is InChI=1S/C23H29N5O3S/c1-6-32-21-12-18(27-10-9-17(13-27)25-15(3)29)23-24-14(2)22(28(23)26-21)16-7-8-19(30-4)20(11-16)31-5/h7-8,11-12,17H,6,9-10,13H2,1-5H3,(H,25,29)/t17-/m1/s1. The van der Waals surface area contributed by atoms with E-state index < -0.39 is 0 Å². The molecular weight excluding hydrogens is 426 g/mol. The van der Waals surface area contributed by atoms with Gasteiger partial charge in [-0.25, -0.2) is 9.50 Å². The fourth-order valence-corrected chi connectivity index (χ4v) is 4.87. The SMILES string of the molecule is CCSc1cc(N2CC[C@@H](NC(C)=O)C2)c2nc(C)c(-c3ccc(OC)c(OC)c3)n2n1. The fraction of sp³-hybridized carbons (Fsp3) is 0.435. The Hall–Kier alpha value is -2.94. The number of carbonyl (C=O) groups excluding carboxylic acids is 1. The zero-order valence-electron chi connectivity index (χ0n) is 19.1. The van der Waals surface area contributed by atoms with Crippen LogP contribution in [0.25, 0.3) is 16.9 Å². The topological polar surface area (TPSA) is 81.0 Å². The van der Waals surface area contributed by atoms with E-state index in [2.05, 4.69) is 23.2 Å². The van der Waals surface area contributed by atoms with Crippen molar-refractivity contribution in [1.82, 2.24) is 19.9 Å². The van der Waals surface area contributed by atoms with Gasteiger partial charge in [0.15, 0.2) is 17.1 Å². The Bertz CT molecular complexity index is 1150.